The summed E-state index contributed by atoms with van der Waals surface area (Å²) in [5.41, 5.74) is 3.02. The number of benzene rings is 1. The summed E-state index contributed by atoms with van der Waals surface area (Å²) in [6.07, 6.45) is 6.27. The van der Waals surface area contributed by atoms with Gasteiger partial charge in [-0.2, -0.15) is 0 Å². The van der Waals surface area contributed by atoms with Gasteiger partial charge in [-0.3, -0.25) is 10.8 Å². The molecule has 0 unspecified atom stereocenters. The van der Waals surface area contributed by atoms with Crippen molar-refractivity contribution in [3.63, 3.8) is 0 Å². The Morgan fingerprint density at radius 1 is 1.25 bits per heavy atom. The van der Waals surface area contributed by atoms with Crippen molar-refractivity contribution in [2.45, 2.75) is 40.0 Å². The zero-order chi connectivity index (χ0) is 15.0. The van der Waals surface area contributed by atoms with E-state index in [0.717, 1.165) is 24.0 Å². The first-order valence-electron chi connectivity index (χ1n) is 7.14. The summed E-state index contributed by atoms with van der Waals surface area (Å²) < 4.78 is 4.91. The van der Waals surface area contributed by atoms with Crippen molar-refractivity contribution in [1.29, 1.82) is 10.8 Å². The van der Waals surface area contributed by atoms with E-state index in [1.54, 1.807) is 0 Å². The minimum atomic E-state index is 0.0232. The van der Waals surface area contributed by atoms with Crippen molar-refractivity contribution in [3.8, 4) is 0 Å². The third kappa shape index (κ3) is 5.00. The number of unbranched alkanes of at least 4 members (excludes halogenated alkanes) is 1. The van der Waals surface area contributed by atoms with E-state index < -0.39 is 0 Å². The Hall–Kier alpha value is -1.90. The Kier molecular flexibility index (Phi) is 6.71. The van der Waals surface area contributed by atoms with Gasteiger partial charge in [-0.25, -0.2) is 0 Å². The Bertz CT molecular complexity index is 472. The molecule has 0 aliphatic heterocycles. The maximum Gasteiger partial charge on any atom is 0.220 e. The number of nitrogens with one attached hydrogen (secondary N) is 2. The molecule has 0 atom stereocenters. The average molecular weight is 272 g/mol. The standard InChI is InChI=1S/C17H24N2O/c1-4-5-6-14-7-9-15(10-8-14)16(11-13(2)3)17(19)20-12-18/h7-13,18-19H,4-6H2,1-3H3. The molecular weight excluding hydrogens is 248 g/mol. The highest BCUT2D eigenvalue weighted by atomic mass is 16.5. The molecule has 20 heavy (non-hydrogen) atoms. The second-order valence-electron chi connectivity index (χ2n) is 5.19. The molecule has 3 heteroatoms. The molecule has 1 aromatic rings. The number of ether oxygens (including phenoxy) is 1. The van der Waals surface area contributed by atoms with Gasteiger partial charge in [-0.15, -0.1) is 0 Å². The van der Waals surface area contributed by atoms with E-state index in [1.165, 1.54) is 18.4 Å². The molecule has 0 fully saturated rings. The van der Waals surface area contributed by atoms with Crippen molar-refractivity contribution in [1.82, 2.24) is 0 Å². The molecule has 0 heterocycles. The summed E-state index contributed by atoms with van der Waals surface area (Å²) in [5.74, 6) is 0.342. The van der Waals surface area contributed by atoms with Crippen LogP contribution < -0.4 is 0 Å². The van der Waals surface area contributed by atoms with E-state index in [-0.39, 0.29) is 5.90 Å². The van der Waals surface area contributed by atoms with Crippen LogP contribution in [0, 0.1) is 16.7 Å². The molecule has 0 aliphatic rings. The van der Waals surface area contributed by atoms with Crippen LogP contribution >= 0.6 is 0 Å². The lowest BCUT2D eigenvalue weighted by atomic mass is 9.99. The highest BCUT2D eigenvalue weighted by Gasteiger charge is 2.10. The molecule has 1 rings (SSSR count). The SMILES string of the molecule is CCCCc1ccc(C(=CC(C)C)C(=N)OC=N)cc1. The molecule has 0 saturated carbocycles. The predicted molar refractivity (Wildman–Crippen MR) is 85.5 cm³/mol. The van der Waals surface area contributed by atoms with Crippen LogP contribution in [0.15, 0.2) is 30.3 Å². The van der Waals surface area contributed by atoms with Gasteiger partial charge in [0, 0.05) is 5.57 Å². The number of aryl methyl sites for hydroxylation is 1. The number of hydrogen-bond donors (Lipinski definition) is 2. The highest BCUT2D eigenvalue weighted by Crippen LogP contribution is 2.20. The smallest absolute Gasteiger partial charge is 0.220 e. The largest absolute Gasteiger partial charge is 0.428 e. The van der Waals surface area contributed by atoms with E-state index in [2.05, 4.69) is 32.9 Å². The molecule has 0 spiro atoms. The maximum absolute atomic E-state index is 7.90. The van der Waals surface area contributed by atoms with Crippen molar-refractivity contribution in [2.75, 3.05) is 0 Å². The third-order valence-corrected chi connectivity index (χ3v) is 3.01. The van der Waals surface area contributed by atoms with Gasteiger partial charge in [0.25, 0.3) is 0 Å². The van der Waals surface area contributed by atoms with Crippen molar-refractivity contribution in [3.05, 3.63) is 41.5 Å². The quantitative estimate of drug-likeness (QED) is 0.550. The van der Waals surface area contributed by atoms with Crippen LogP contribution in [0.2, 0.25) is 0 Å². The van der Waals surface area contributed by atoms with Gasteiger partial charge in [-0.05, 0) is 29.9 Å². The maximum atomic E-state index is 7.90. The van der Waals surface area contributed by atoms with Gasteiger partial charge < -0.3 is 4.74 Å². The Morgan fingerprint density at radius 3 is 2.40 bits per heavy atom. The summed E-state index contributed by atoms with van der Waals surface area (Å²) in [6.45, 7) is 6.31. The van der Waals surface area contributed by atoms with Crippen molar-refractivity contribution < 1.29 is 4.74 Å². The molecule has 2 N–H and O–H groups in total. The molecule has 3 nitrogen and oxygen atoms in total. The second kappa shape index (κ2) is 8.31. The second-order valence-corrected chi connectivity index (χ2v) is 5.19. The summed E-state index contributed by atoms with van der Waals surface area (Å²) in [7, 11) is 0. The summed E-state index contributed by atoms with van der Waals surface area (Å²) in [4.78, 5) is 0. The van der Waals surface area contributed by atoms with Crippen molar-refractivity contribution >= 4 is 17.9 Å². The van der Waals surface area contributed by atoms with E-state index in [4.69, 9.17) is 15.6 Å². The molecule has 0 radical (unpaired) electrons. The fourth-order valence-electron chi connectivity index (χ4n) is 1.99. The summed E-state index contributed by atoms with van der Waals surface area (Å²) in [6, 6.07) is 8.27. The molecule has 1 aromatic carbocycles. The first kappa shape index (κ1) is 16.2. The molecule has 0 saturated heterocycles. The lowest BCUT2D eigenvalue weighted by molar-refractivity contribution is 0.566. The van der Waals surface area contributed by atoms with Crippen LogP contribution in [-0.4, -0.2) is 12.3 Å². The average Bonchev–Trinajstić information content (AvgIpc) is 2.43. The first-order valence-corrected chi connectivity index (χ1v) is 7.14. The first-order chi connectivity index (χ1) is 9.58. The molecule has 0 aliphatic carbocycles. The minimum absolute atomic E-state index is 0.0232. The van der Waals surface area contributed by atoms with Crippen molar-refractivity contribution in [2.24, 2.45) is 5.92 Å². The minimum Gasteiger partial charge on any atom is -0.428 e. The number of hydrogen-bond acceptors (Lipinski definition) is 3. The lowest BCUT2D eigenvalue weighted by Crippen LogP contribution is -2.06. The number of allylic oxidation sites excluding steroid dienone is 1. The molecule has 0 bridgehead atoms. The van der Waals surface area contributed by atoms with E-state index in [1.807, 2.05) is 18.2 Å². The molecule has 108 valence electrons. The zero-order valence-corrected chi connectivity index (χ0v) is 12.6. The molecule has 0 amide bonds. The van der Waals surface area contributed by atoms with Crippen LogP contribution in [0.5, 0.6) is 0 Å². The Morgan fingerprint density at radius 2 is 1.90 bits per heavy atom. The van der Waals surface area contributed by atoms with Crippen LogP contribution in [0.1, 0.15) is 44.7 Å². The fraction of sp³-hybridized carbons (Fsp3) is 0.412. The van der Waals surface area contributed by atoms with Gasteiger partial charge in [-0.1, -0.05) is 57.5 Å². The van der Waals surface area contributed by atoms with Crippen LogP contribution in [0.25, 0.3) is 5.57 Å². The molecular formula is C17H24N2O. The fourth-order valence-corrected chi connectivity index (χ4v) is 1.99. The highest BCUT2D eigenvalue weighted by molar-refractivity contribution is 6.19. The van der Waals surface area contributed by atoms with Gasteiger partial charge in [0.2, 0.25) is 5.90 Å². The topological polar surface area (TPSA) is 56.9 Å². The van der Waals surface area contributed by atoms with E-state index in [0.29, 0.717) is 5.92 Å². The van der Waals surface area contributed by atoms with E-state index in [9.17, 15) is 0 Å². The normalized spacial score (nSPS) is 11.5. The van der Waals surface area contributed by atoms with E-state index >= 15 is 0 Å². The summed E-state index contributed by atoms with van der Waals surface area (Å²) >= 11 is 0. The van der Waals surface area contributed by atoms with Gasteiger partial charge in [0.1, 0.15) is 0 Å². The third-order valence-electron chi connectivity index (χ3n) is 3.01. The van der Waals surface area contributed by atoms with Gasteiger partial charge in [0.05, 0.1) is 0 Å². The van der Waals surface area contributed by atoms with Crippen LogP contribution in [0.3, 0.4) is 0 Å². The van der Waals surface area contributed by atoms with Crippen LogP contribution in [0.4, 0.5) is 0 Å². The Balaban J connectivity index is 2.97. The van der Waals surface area contributed by atoms with Crippen LogP contribution in [-0.2, 0) is 11.2 Å². The zero-order valence-electron chi connectivity index (χ0n) is 12.6. The monoisotopic (exact) mass is 272 g/mol. The van der Waals surface area contributed by atoms with Gasteiger partial charge >= 0.3 is 0 Å². The Labute approximate surface area is 121 Å². The summed E-state index contributed by atoms with van der Waals surface area (Å²) in [5, 5.41) is 14.9. The lowest BCUT2D eigenvalue weighted by Gasteiger charge is -2.10. The molecule has 0 aromatic heterocycles. The van der Waals surface area contributed by atoms with Gasteiger partial charge in [0.15, 0.2) is 6.40 Å². The number of rotatable bonds is 7. The predicted octanol–water partition coefficient (Wildman–Crippen LogP) is 4.67.